The Morgan fingerprint density at radius 2 is 1.68 bits per heavy atom. The van der Waals surface area contributed by atoms with E-state index in [2.05, 4.69) is 5.32 Å². The first-order valence-electron chi connectivity index (χ1n) is 8.60. The van der Waals surface area contributed by atoms with Crippen molar-refractivity contribution in [2.24, 2.45) is 5.92 Å². The Bertz CT molecular complexity index is 803. The number of carbonyl (C=O) groups excluding carboxylic acids is 1. The van der Waals surface area contributed by atoms with Gasteiger partial charge in [-0.25, -0.2) is 8.42 Å². The Hall–Kier alpha value is -2.14. The third kappa shape index (κ3) is 5.16. The van der Waals surface area contributed by atoms with Crippen molar-refractivity contribution in [1.82, 2.24) is 5.32 Å². The summed E-state index contributed by atoms with van der Waals surface area (Å²) in [7, 11) is -2.95. The van der Waals surface area contributed by atoms with Crippen LogP contribution in [0.25, 0.3) is 0 Å². The number of hydrogen-bond donors (Lipinski definition) is 1. The summed E-state index contributed by atoms with van der Waals surface area (Å²) in [5, 5.41) is 3.10. The van der Waals surface area contributed by atoms with Gasteiger partial charge in [0.1, 0.15) is 0 Å². The Kier molecular flexibility index (Phi) is 5.53. The predicted octanol–water partition coefficient (Wildman–Crippen LogP) is 2.91. The molecule has 132 valence electrons. The van der Waals surface area contributed by atoms with Crippen LogP contribution in [0, 0.1) is 5.92 Å². The molecule has 2 aromatic rings. The Labute approximate surface area is 149 Å². The van der Waals surface area contributed by atoms with E-state index < -0.39 is 9.84 Å². The molecule has 2 unspecified atom stereocenters. The fraction of sp³-hybridized carbons (Fsp3) is 0.350. The highest BCUT2D eigenvalue weighted by Crippen LogP contribution is 2.23. The van der Waals surface area contributed by atoms with Crippen molar-refractivity contribution in [2.75, 3.05) is 11.5 Å². The summed E-state index contributed by atoms with van der Waals surface area (Å²) in [6, 6.07) is 19.8. The average Bonchev–Trinajstić information content (AvgIpc) is 2.94. The molecular formula is C20H23NO3S. The Balaban J connectivity index is 1.68. The fourth-order valence-electron chi connectivity index (χ4n) is 3.34. The van der Waals surface area contributed by atoms with E-state index >= 15 is 0 Å². The van der Waals surface area contributed by atoms with Crippen molar-refractivity contribution >= 4 is 15.7 Å². The minimum Gasteiger partial charge on any atom is -0.349 e. The molecule has 0 aliphatic carbocycles. The largest absolute Gasteiger partial charge is 0.349 e. The maximum absolute atomic E-state index is 12.5. The lowest BCUT2D eigenvalue weighted by Gasteiger charge is -2.20. The molecule has 1 saturated heterocycles. The quantitative estimate of drug-likeness (QED) is 0.865. The van der Waals surface area contributed by atoms with Crippen molar-refractivity contribution < 1.29 is 13.2 Å². The number of carbonyl (C=O) groups is 1. The molecule has 1 amide bonds. The van der Waals surface area contributed by atoms with Crippen molar-refractivity contribution in [3.8, 4) is 0 Å². The third-order valence-corrected chi connectivity index (χ3v) is 6.46. The van der Waals surface area contributed by atoms with Crippen LogP contribution >= 0.6 is 0 Å². The van der Waals surface area contributed by atoms with E-state index in [1.165, 1.54) is 0 Å². The van der Waals surface area contributed by atoms with E-state index in [0.29, 0.717) is 12.8 Å². The first-order valence-corrected chi connectivity index (χ1v) is 10.4. The molecule has 2 aromatic carbocycles. The lowest BCUT2D eigenvalue weighted by atomic mass is 9.98. The SMILES string of the molecule is O=C(CC1CCS(=O)(=O)C1)NC(Cc1ccccc1)c1ccccc1. The van der Waals surface area contributed by atoms with Crippen molar-refractivity contribution in [2.45, 2.75) is 25.3 Å². The van der Waals surface area contributed by atoms with Gasteiger partial charge in [0, 0.05) is 6.42 Å². The highest BCUT2D eigenvalue weighted by molar-refractivity contribution is 7.91. The summed E-state index contributed by atoms with van der Waals surface area (Å²) in [6.07, 6.45) is 1.57. The molecular weight excluding hydrogens is 334 g/mol. The number of nitrogens with one attached hydrogen (secondary N) is 1. The van der Waals surface area contributed by atoms with E-state index in [4.69, 9.17) is 0 Å². The molecule has 1 aliphatic rings. The standard InChI is InChI=1S/C20H23NO3S/c22-20(14-17-11-12-25(23,24)15-17)21-19(18-9-5-2-6-10-18)13-16-7-3-1-4-8-16/h1-10,17,19H,11-15H2,(H,21,22). The van der Waals surface area contributed by atoms with Crippen LogP contribution in [0.5, 0.6) is 0 Å². The highest BCUT2D eigenvalue weighted by Gasteiger charge is 2.30. The van der Waals surface area contributed by atoms with Crippen LogP contribution < -0.4 is 5.32 Å². The van der Waals surface area contributed by atoms with Gasteiger partial charge in [0.15, 0.2) is 9.84 Å². The molecule has 0 radical (unpaired) electrons. The van der Waals surface area contributed by atoms with Crippen LogP contribution in [0.3, 0.4) is 0 Å². The van der Waals surface area contributed by atoms with Gasteiger partial charge >= 0.3 is 0 Å². The summed E-state index contributed by atoms with van der Waals surface area (Å²) in [5.41, 5.74) is 2.21. The van der Waals surface area contributed by atoms with Crippen molar-refractivity contribution in [3.05, 3.63) is 71.8 Å². The van der Waals surface area contributed by atoms with Gasteiger partial charge in [-0.05, 0) is 29.9 Å². The molecule has 1 heterocycles. The number of sulfone groups is 1. The van der Waals surface area contributed by atoms with E-state index in [0.717, 1.165) is 11.1 Å². The first-order chi connectivity index (χ1) is 12.0. The Morgan fingerprint density at radius 3 is 2.28 bits per heavy atom. The number of amides is 1. The predicted molar refractivity (Wildman–Crippen MR) is 98.8 cm³/mol. The van der Waals surface area contributed by atoms with Crippen LogP contribution in [0.2, 0.25) is 0 Å². The molecule has 0 saturated carbocycles. The van der Waals surface area contributed by atoms with Gasteiger partial charge in [-0.1, -0.05) is 60.7 Å². The van der Waals surface area contributed by atoms with Crippen molar-refractivity contribution in [1.29, 1.82) is 0 Å². The minimum atomic E-state index is -2.95. The topological polar surface area (TPSA) is 63.2 Å². The summed E-state index contributed by atoms with van der Waals surface area (Å²) < 4.78 is 23.2. The molecule has 4 nitrogen and oxygen atoms in total. The summed E-state index contributed by atoms with van der Waals surface area (Å²) in [5.74, 6) is 0.205. The molecule has 2 atom stereocenters. The van der Waals surface area contributed by atoms with E-state index in [1.54, 1.807) is 0 Å². The normalized spacial score (nSPS) is 20.1. The molecule has 0 bridgehead atoms. The molecule has 25 heavy (non-hydrogen) atoms. The zero-order chi connectivity index (χ0) is 17.7. The maximum Gasteiger partial charge on any atom is 0.220 e. The lowest BCUT2D eigenvalue weighted by Crippen LogP contribution is -2.31. The zero-order valence-electron chi connectivity index (χ0n) is 14.1. The zero-order valence-corrected chi connectivity index (χ0v) is 14.9. The summed E-state index contributed by atoms with van der Waals surface area (Å²) >= 11 is 0. The van der Waals surface area contributed by atoms with Gasteiger partial charge in [0.05, 0.1) is 17.5 Å². The maximum atomic E-state index is 12.5. The molecule has 0 aromatic heterocycles. The highest BCUT2D eigenvalue weighted by atomic mass is 32.2. The van der Waals surface area contributed by atoms with Gasteiger partial charge in [0.25, 0.3) is 0 Å². The number of rotatable bonds is 6. The van der Waals surface area contributed by atoms with Crippen LogP contribution in [0.15, 0.2) is 60.7 Å². The first kappa shape index (κ1) is 17.7. The second-order valence-corrected chi connectivity index (χ2v) is 8.92. The van der Waals surface area contributed by atoms with E-state index in [9.17, 15) is 13.2 Å². The molecule has 1 N–H and O–H groups in total. The van der Waals surface area contributed by atoms with Gasteiger partial charge in [0.2, 0.25) is 5.91 Å². The molecule has 5 heteroatoms. The van der Waals surface area contributed by atoms with Crippen LogP contribution in [0.4, 0.5) is 0 Å². The van der Waals surface area contributed by atoms with Gasteiger partial charge in [-0.3, -0.25) is 4.79 Å². The van der Waals surface area contributed by atoms with Crippen molar-refractivity contribution in [3.63, 3.8) is 0 Å². The molecule has 1 fully saturated rings. The van der Waals surface area contributed by atoms with Crippen LogP contribution in [-0.2, 0) is 21.1 Å². The lowest BCUT2D eigenvalue weighted by molar-refractivity contribution is -0.122. The second-order valence-electron chi connectivity index (χ2n) is 6.69. The average molecular weight is 357 g/mol. The van der Waals surface area contributed by atoms with Gasteiger partial charge in [-0.15, -0.1) is 0 Å². The minimum absolute atomic E-state index is 0.0573. The van der Waals surface area contributed by atoms with E-state index in [-0.39, 0.29) is 35.8 Å². The number of hydrogen-bond acceptors (Lipinski definition) is 3. The number of benzene rings is 2. The monoisotopic (exact) mass is 357 g/mol. The van der Waals surface area contributed by atoms with Crippen LogP contribution in [-0.4, -0.2) is 25.8 Å². The molecule has 3 rings (SSSR count). The smallest absolute Gasteiger partial charge is 0.220 e. The summed E-state index contributed by atoms with van der Waals surface area (Å²) in [4.78, 5) is 12.5. The summed E-state index contributed by atoms with van der Waals surface area (Å²) in [6.45, 7) is 0. The second kappa shape index (κ2) is 7.83. The van der Waals surface area contributed by atoms with E-state index in [1.807, 2.05) is 60.7 Å². The third-order valence-electron chi connectivity index (χ3n) is 4.62. The van der Waals surface area contributed by atoms with Gasteiger partial charge in [-0.2, -0.15) is 0 Å². The van der Waals surface area contributed by atoms with Crippen LogP contribution in [0.1, 0.15) is 30.0 Å². The van der Waals surface area contributed by atoms with Gasteiger partial charge < -0.3 is 5.32 Å². The molecule has 1 aliphatic heterocycles. The fourth-order valence-corrected chi connectivity index (χ4v) is 5.20. The Morgan fingerprint density at radius 1 is 1.04 bits per heavy atom. The molecule has 0 spiro atoms.